The predicted octanol–water partition coefficient (Wildman–Crippen LogP) is 2.89. The first-order valence-electron chi connectivity index (χ1n) is 5.87. The monoisotopic (exact) mass is 284 g/mol. The molecule has 0 bridgehead atoms. The van der Waals surface area contributed by atoms with E-state index in [0.29, 0.717) is 12.4 Å². The first kappa shape index (κ1) is 15.5. The summed E-state index contributed by atoms with van der Waals surface area (Å²) in [6.07, 6.45) is -1.42. The molecule has 0 heterocycles. The van der Waals surface area contributed by atoms with Gasteiger partial charge in [0.05, 0.1) is 11.6 Å². The number of aliphatic hydroxyl groups excluding tert-OH is 1. The van der Waals surface area contributed by atoms with Gasteiger partial charge in [-0.25, -0.2) is 4.79 Å². The molecule has 0 aromatic heterocycles. The fourth-order valence-corrected chi connectivity index (χ4v) is 1.68. The molecule has 1 aromatic carbocycles. The normalized spacial score (nSPS) is 11.8. The topological polar surface area (TPSA) is 55.8 Å². The molecule has 1 atom stereocenters. The van der Waals surface area contributed by atoms with Gasteiger partial charge in [0.25, 0.3) is 0 Å². The van der Waals surface area contributed by atoms with Gasteiger partial charge in [-0.05, 0) is 25.5 Å². The Morgan fingerprint density at radius 1 is 1.53 bits per heavy atom. The van der Waals surface area contributed by atoms with Crippen LogP contribution in [0.1, 0.15) is 25.5 Å². The predicted molar refractivity (Wildman–Crippen MR) is 73.4 cm³/mol. The van der Waals surface area contributed by atoms with E-state index in [-0.39, 0.29) is 17.2 Å². The van der Waals surface area contributed by atoms with E-state index in [0.717, 1.165) is 5.57 Å². The van der Waals surface area contributed by atoms with Crippen molar-refractivity contribution in [3.05, 3.63) is 40.9 Å². The van der Waals surface area contributed by atoms with E-state index in [1.54, 1.807) is 25.1 Å². The van der Waals surface area contributed by atoms with E-state index < -0.39 is 12.1 Å². The van der Waals surface area contributed by atoms with E-state index in [4.69, 9.17) is 21.1 Å². The van der Waals surface area contributed by atoms with Crippen LogP contribution < -0.4 is 4.74 Å². The Bertz CT molecular complexity index is 471. The number of esters is 1. The maximum absolute atomic E-state index is 11.5. The van der Waals surface area contributed by atoms with Gasteiger partial charge < -0.3 is 14.6 Å². The molecule has 0 aliphatic heterocycles. The van der Waals surface area contributed by atoms with E-state index in [2.05, 4.69) is 6.58 Å². The summed E-state index contributed by atoms with van der Waals surface area (Å²) in [5, 5.41) is 10.1. The van der Waals surface area contributed by atoms with E-state index in [1.165, 1.54) is 0 Å². The Labute approximate surface area is 117 Å². The van der Waals surface area contributed by atoms with Crippen LogP contribution in [0.4, 0.5) is 0 Å². The molecule has 0 saturated heterocycles. The number of hydrogen-bond acceptors (Lipinski definition) is 4. The Morgan fingerprint density at radius 3 is 2.79 bits per heavy atom. The molecule has 0 saturated carbocycles. The molecule has 0 fully saturated rings. The molecule has 104 valence electrons. The largest absolute Gasteiger partial charge is 0.488 e. The molecule has 1 unspecified atom stereocenters. The average molecular weight is 285 g/mol. The quantitative estimate of drug-likeness (QED) is 0.645. The molecule has 0 aliphatic rings. The van der Waals surface area contributed by atoms with E-state index in [9.17, 15) is 9.90 Å². The molecular weight excluding hydrogens is 268 g/mol. The highest BCUT2D eigenvalue weighted by Crippen LogP contribution is 2.32. The number of carbonyl (C=O) groups is 1. The molecule has 1 aromatic rings. The van der Waals surface area contributed by atoms with Crippen molar-refractivity contribution in [1.82, 2.24) is 0 Å². The highest BCUT2D eigenvalue weighted by Gasteiger charge is 2.22. The number of carbonyl (C=O) groups excluding carboxylic acids is 1. The molecule has 0 aliphatic carbocycles. The third kappa shape index (κ3) is 4.26. The zero-order valence-electron chi connectivity index (χ0n) is 11.0. The van der Waals surface area contributed by atoms with Crippen molar-refractivity contribution in [1.29, 1.82) is 0 Å². The summed E-state index contributed by atoms with van der Waals surface area (Å²) in [6.45, 7) is 7.72. The van der Waals surface area contributed by atoms with Crippen LogP contribution in [0.2, 0.25) is 5.02 Å². The van der Waals surface area contributed by atoms with Gasteiger partial charge in [-0.15, -0.1) is 0 Å². The second-order valence-corrected chi connectivity index (χ2v) is 4.44. The van der Waals surface area contributed by atoms with Crippen molar-refractivity contribution >= 4 is 17.6 Å². The van der Waals surface area contributed by atoms with Crippen LogP contribution in [0.5, 0.6) is 5.75 Å². The summed E-state index contributed by atoms with van der Waals surface area (Å²) < 4.78 is 10.2. The molecule has 1 N–H and O–H groups in total. The zero-order chi connectivity index (χ0) is 14.4. The fraction of sp³-hybridized carbons (Fsp3) is 0.357. The third-order valence-corrected chi connectivity index (χ3v) is 2.68. The van der Waals surface area contributed by atoms with Crippen molar-refractivity contribution in [3.8, 4) is 5.75 Å². The summed E-state index contributed by atoms with van der Waals surface area (Å²) in [5.41, 5.74) is 1.10. The van der Waals surface area contributed by atoms with E-state index in [1.807, 2.05) is 6.92 Å². The van der Waals surface area contributed by atoms with Gasteiger partial charge in [0.1, 0.15) is 12.4 Å². The van der Waals surface area contributed by atoms with Crippen LogP contribution in [-0.4, -0.2) is 24.3 Å². The summed E-state index contributed by atoms with van der Waals surface area (Å²) in [6, 6.07) is 4.86. The van der Waals surface area contributed by atoms with Gasteiger partial charge in [-0.1, -0.05) is 30.3 Å². The first-order valence-corrected chi connectivity index (χ1v) is 6.25. The number of benzene rings is 1. The lowest BCUT2D eigenvalue weighted by molar-refractivity contribution is -0.153. The van der Waals surface area contributed by atoms with Crippen molar-refractivity contribution in [2.24, 2.45) is 0 Å². The van der Waals surface area contributed by atoms with Crippen LogP contribution in [0.3, 0.4) is 0 Å². The van der Waals surface area contributed by atoms with Crippen molar-refractivity contribution < 1.29 is 19.4 Å². The van der Waals surface area contributed by atoms with Gasteiger partial charge >= 0.3 is 5.97 Å². The molecular formula is C14H17ClO4. The molecule has 1 rings (SSSR count). The summed E-state index contributed by atoms with van der Waals surface area (Å²) >= 11 is 6.11. The van der Waals surface area contributed by atoms with Crippen LogP contribution in [-0.2, 0) is 9.53 Å². The smallest absolute Gasteiger partial charge is 0.339 e. The zero-order valence-corrected chi connectivity index (χ0v) is 11.7. The minimum absolute atomic E-state index is 0.194. The van der Waals surface area contributed by atoms with Crippen LogP contribution >= 0.6 is 11.6 Å². The lowest BCUT2D eigenvalue weighted by atomic mass is 10.1. The summed E-state index contributed by atoms with van der Waals surface area (Å²) in [7, 11) is 0. The SMILES string of the molecule is C=C(C)COc1cccc(C(O)C(=O)OCC)c1Cl. The molecule has 0 amide bonds. The maximum Gasteiger partial charge on any atom is 0.339 e. The Balaban J connectivity index is 2.93. The molecule has 5 heteroatoms. The van der Waals surface area contributed by atoms with E-state index >= 15 is 0 Å². The van der Waals surface area contributed by atoms with Crippen molar-refractivity contribution in [2.75, 3.05) is 13.2 Å². The summed E-state index contributed by atoms with van der Waals surface area (Å²) in [5.74, 6) is -0.341. The number of aliphatic hydroxyl groups is 1. The maximum atomic E-state index is 11.5. The van der Waals surface area contributed by atoms with Gasteiger partial charge in [0, 0.05) is 5.56 Å². The molecule has 4 nitrogen and oxygen atoms in total. The third-order valence-electron chi connectivity index (χ3n) is 2.27. The molecule has 0 radical (unpaired) electrons. The van der Waals surface area contributed by atoms with Crippen LogP contribution in [0.25, 0.3) is 0 Å². The fourth-order valence-electron chi connectivity index (χ4n) is 1.40. The lowest BCUT2D eigenvalue weighted by Gasteiger charge is -2.14. The lowest BCUT2D eigenvalue weighted by Crippen LogP contribution is -2.16. The number of rotatable bonds is 6. The highest BCUT2D eigenvalue weighted by molar-refractivity contribution is 6.33. The number of hydrogen-bond donors (Lipinski definition) is 1. The Morgan fingerprint density at radius 2 is 2.21 bits per heavy atom. The molecule has 0 spiro atoms. The second-order valence-electron chi connectivity index (χ2n) is 4.06. The van der Waals surface area contributed by atoms with Crippen LogP contribution in [0.15, 0.2) is 30.4 Å². The second kappa shape index (κ2) is 7.16. The Kier molecular flexibility index (Phi) is 5.86. The highest BCUT2D eigenvalue weighted by atomic mass is 35.5. The van der Waals surface area contributed by atoms with Gasteiger partial charge in [0.2, 0.25) is 0 Å². The van der Waals surface area contributed by atoms with Crippen LogP contribution in [0, 0.1) is 0 Å². The van der Waals surface area contributed by atoms with Gasteiger partial charge in [-0.3, -0.25) is 0 Å². The van der Waals surface area contributed by atoms with Crippen molar-refractivity contribution in [2.45, 2.75) is 20.0 Å². The minimum atomic E-state index is -1.42. The first-order chi connectivity index (χ1) is 8.97. The summed E-state index contributed by atoms with van der Waals surface area (Å²) in [4.78, 5) is 11.5. The molecule has 19 heavy (non-hydrogen) atoms. The average Bonchev–Trinajstić information content (AvgIpc) is 2.37. The standard InChI is InChI=1S/C14H17ClO4/c1-4-18-14(17)13(16)10-6-5-7-11(12(10)15)19-8-9(2)3/h5-7,13,16H,2,4,8H2,1,3H3. The van der Waals surface area contributed by atoms with Gasteiger partial charge in [0.15, 0.2) is 6.10 Å². The van der Waals surface area contributed by atoms with Gasteiger partial charge in [-0.2, -0.15) is 0 Å². The number of halogens is 1. The number of ether oxygens (including phenoxy) is 2. The Hall–Kier alpha value is -1.52. The van der Waals surface area contributed by atoms with Crippen molar-refractivity contribution in [3.63, 3.8) is 0 Å². The minimum Gasteiger partial charge on any atom is -0.488 e.